The van der Waals surface area contributed by atoms with Gasteiger partial charge in [0, 0.05) is 19.6 Å². The van der Waals surface area contributed by atoms with Crippen LogP contribution in [0.2, 0.25) is 0 Å². The van der Waals surface area contributed by atoms with Gasteiger partial charge in [0.25, 0.3) is 0 Å². The van der Waals surface area contributed by atoms with Gasteiger partial charge in [-0.05, 0) is 60.8 Å². The quantitative estimate of drug-likeness (QED) is 0.344. The summed E-state index contributed by atoms with van der Waals surface area (Å²) in [4.78, 5) is 6.03. The highest BCUT2D eigenvalue weighted by Gasteiger charge is 2.13. The maximum absolute atomic E-state index is 2.44. The number of hydrogen-bond donors (Lipinski definition) is 0. The zero-order valence-corrected chi connectivity index (χ0v) is 17.7. The zero-order valence-electron chi connectivity index (χ0n) is 14.4. The molecule has 0 amide bonds. The van der Waals surface area contributed by atoms with Crippen LogP contribution in [0.25, 0.3) is 0 Å². The Morgan fingerprint density at radius 3 is 1.45 bits per heavy atom. The molecule has 0 aliphatic rings. The van der Waals surface area contributed by atoms with Crippen molar-refractivity contribution in [2.75, 3.05) is 23.0 Å². The molecule has 0 spiro atoms. The van der Waals surface area contributed by atoms with Crippen LogP contribution in [-0.2, 0) is 0 Å². The van der Waals surface area contributed by atoms with Gasteiger partial charge >= 0.3 is 0 Å². The van der Waals surface area contributed by atoms with Crippen LogP contribution >= 0.6 is 47.0 Å². The van der Waals surface area contributed by atoms with E-state index in [-0.39, 0.29) is 0 Å². The van der Waals surface area contributed by atoms with Crippen molar-refractivity contribution < 1.29 is 0 Å². The monoisotopic (exact) mass is 374 g/mol. The van der Waals surface area contributed by atoms with E-state index in [1.54, 1.807) is 4.90 Å². The minimum atomic E-state index is 1.22. The number of hydrogen-bond acceptors (Lipinski definition) is 4. The molecule has 0 saturated heterocycles. The Kier molecular flexibility index (Phi) is 12.2. The molecule has 1 aromatic carbocycles. The molecule has 1 aromatic rings. The van der Waals surface area contributed by atoms with Crippen molar-refractivity contribution >= 4 is 47.0 Å². The van der Waals surface area contributed by atoms with Crippen LogP contribution in [0.4, 0.5) is 0 Å². The van der Waals surface area contributed by atoms with Gasteiger partial charge in [0.15, 0.2) is 0 Å². The molecule has 0 aliphatic heterocycles. The third kappa shape index (κ3) is 7.46. The normalized spacial score (nSPS) is 11.1. The minimum absolute atomic E-state index is 1.22. The molecule has 0 fully saturated rings. The van der Waals surface area contributed by atoms with Gasteiger partial charge in [0.1, 0.15) is 0 Å². The van der Waals surface area contributed by atoms with Gasteiger partial charge < -0.3 is 0 Å². The average molecular weight is 375 g/mol. The van der Waals surface area contributed by atoms with Crippen molar-refractivity contribution in [1.82, 2.24) is 0 Å². The summed E-state index contributed by atoms with van der Waals surface area (Å²) in [5.41, 5.74) is 0. The average Bonchev–Trinajstić information content (AvgIpc) is 2.54. The molecule has 22 heavy (non-hydrogen) atoms. The second-order valence-corrected chi connectivity index (χ2v) is 9.69. The lowest BCUT2D eigenvalue weighted by Crippen LogP contribution is -1.91. The molecule has 0 bridgehead atoms. The molecule has 0 aliphatic carbocycles. The Morgan fingerprint density at radius 1 is 0.591 bits per heavy atom. The molecule has 0 radical (unpaired) electrons. The summed E-state index contributed by atoms with van der Waals surface area (Å²) < 4.78 is 0. The minimum Gasteiger partial charge on any atom is -0.126 e. The summed E-state index contributed by atoms with van der Waals surface area (Å²) in [6, 6.07) is 4.88. The Hall–Kier alpha value is 0.620. The molecule has 0 heterocycles. The highest BCUT2D eigenvalue weighted by atomic mass is 32.2. The van der Waals surface area contributed by atoms with Crippen molar-refractivity contribution in [3.8, 4) is 0 Å². The van der Waals surface area contributed by atoms with E-state index in [0.717, 1.165) is 0 Å². The van der Waals surface area contributed by atoms with Crippen LogP contribution in [0.15, 0.2) is 31.7 Å². The largest absolute Gasteiger partial charge is 0.126 e. The summed E-state index contributed by atoms with van der Waals surface area (Å²) in [5.74, 6) is 4.89. The lowest BCUT2D eigenvalue weighted by atomic mass is 10.3. The van der Waals surface area contributed by atoms with E-state index in [1.165, 1.54) is 63.4 Å². The van der Waals surface area contributed by atoms with Crippen LogP contribution in [-0.4, -0.2) is 23.0 Å². The fourth-order valence-corrected chi connectivity index (χ4v) is 6.17. The zero-order chi connectivity index (χ0) is 16.2. The van der Waals surface area contributed by atoms with E-state index in [4.69, 9.17) is 0 Å². The molecule has 1 rings (SSSR count). The number of rotatable bonds is 12. The maximum Gasteiger partial charge on any atom is 0.0345 e. The molecular weight excluding hydrogens is 344 g/mol. The fourth-order valence-electron chi connectivity index (χ4n) is 1.84. The predicted molar refractivity (Wildman–Crippen MR) is 111 cm³/mol. The molecule has 126 valence electrons. The molecule has 0 nitrogen and oxygen atoms in total. The Bertz CT molecular complexity index is 389. The van der Waals surface area contributed by atoms with E-state index in [1.807, 2.05) is 35.3 Å². The highest BCUT2D eigenvalue weighted by Crippen LogP contribution is 2.42. The van der Waals surface area contributed by atoms with Gasteiger partial charge in [-0.15, -0.1) is 47.0 Å². The summed E-state index contributed by atoms with van der Waals surface area (Å²) in [6.07, 6.45) is 4.97. The van der Waals surface area contributed by atoms with Gasteiger partial charge in [-0.25, -0.2) is 0 Å². The molecule has 0 atom stereocenters. The third-order valence-corrected chi connectivity index (χ3v) is 8.11. The van der Waals surface area contributed by atoms with Crippen LogP contribution in [0.1, 0.15) is 53.4 Å². The molecule has 0 unspecified atom stereocenters. The van der Waals surface area contributed by atoms with Gasteiger partial charge in [0.05, 0.1) is 0 Å². The first-order valence-electron chi connectivity index (χ1n) is 8.45. The lowest BCUT2D eigenvalue weighted by Gasteiger charge is -2.16. The standard InChI is InChI=1S/C18H30S4/c1-5-9-19-15-13-16(20-10-6-2)18(22-12-8-4)17(14-15)21-11-7-3/h13-14H,5-12H2,1-4H3. The molecule has 0 aromatic heterocycles. The van der Waals surface area contributed by atoms with Crippen molar-refractivity contribution in [3.63, 3.8) is 0 Å². The van der Waals surface area contributed by atoms with E-state index in [9.17, 15) is 0 Å². The first-order valence-corrected chi connectivity index (χ1v) is 12.4. The molecule has 0 N–H and O–H groups in total. The molecule has 4 heteroatoms. The number of thioether (sulfide) groups is 4. The fraction of sp³-hybridized carbons (Fsp3) is 0.667. The predicted octanol–water partition coefficient (Wildman–Crippen LogP) is 7.70. The topological polar surface area (TPSA) is 0 Å². The Labute approximate surface area is 154 Å². The Balaban J connectivity index is 3.07. The first kappa shape index (κ1) is 20.7. The van der Waals surface area contributed by atoms with Gasteiger partial charge in [-0.3, -0.25) is 0 Å². The maximum atomic E-state index is 2.44. The summed E-state index contributed by atoms with van der Waals surface area (Å²) in [5, 5.41) is 0. The van der Waals surface area contributed by atoms with Crippen LogP contribution in [0.3, 0.4) is 0 Å². The molecule has 0 saturated carbocycles. The van der Waals surface area contributed by atoms with Crippen molar-refractivity contribution in [2.24, 2.45) is 0 Å². The third-order valence-electron chi connectivity index (χ3n) is 2.84. The van der Waals surface area contributed by atoms with E-state index < -0.39 is 0 Å². The van der Waals surface area contributed by atoms with Crippen molar-refractivity contribution in [2.45, 2.75) is 73.0 Å². The highest BCUT2D eigenvalue weighted by molar-refractivity contribution is 8.04. The van der Waals surface area contributed by atoms with Crippen LogP contribution in [0.5, 0.6) is 0 Å². The van der Waals surface area contributed by atoms with Gasteiger partial charge in [-0.1, -0.05) is 27.7 Å². The second kappa shape index (κ2) is 13.0. The lowest BCUT2D eigenvalue weighted by molar-refractivity contribution is 1.03. The van der Waals surface area contributed by atoms with Crippen LogP contribution in [0, 0.1) is 0 Å². The van der Waals surface area contributed by atoms with Gasteiger partial charge in [0.2, 0.25) is 0 Å². The van der Waals surface area contributed by atoms with E-state index in [0.29, 0.717) is 0 Å². The SMILES string of the molecule is CCCSc1cc(SCCC)c(SCCC)c(SCCC)c1. The van der Waals surface area contributed by atoms with E-state index >= 15 is 0 Å². The summed E-state index contributed by atoms with van der Waals surface area (Å²) in [6.45, 7) is 9.08. The summed E-state index contributed by atoms with van der Waals surface area (Å²) >= 11 is 8.16. The van der Waals surface area contributed by atoms with Crippen LogP contribution < -0.4 is 0 Å². The number of benzene rings is 1. The van der Waals surface area contributed by atoms with Crippen molar-refractivity contribution in [1.29, 1.82) is 0 Å². The smallest absolute Gasteiger partial charge is 0.0345 e. The Morgan fingerprint density at radius 2 is 1.00 bits per heavy atom. The molecular formula is C18H30S4. The first-order chi connectivity index (χ1) is 10.8. The van der Waals surface area contributed by atoms with Crippen molar-refractivity contribution in [3.05, 3.63) is 12.1 Å². The van der Waals surface area contributed by atoms with E-state index in [2.05, 4.69) is 51.6 Å². The summed E-state index contributed by atoms with van der Waals surface area (Å²) in [7, 11) is 0. The van der Waals surface area contributed by atoms with Gasteiger partial charge in [-0.2, -0.15) is 0 Å². The second-order valence-electron chi connectivity index (χ2n) is 5.14.